The van der Waals surface area contributed by atoms with Crippen molar-refractivity contribution < 1.29 is 0 Å². The first-order chi connectivity index (χ1) is 8.06. The van der Waals surface area contributed by atoms with Crippen molar-refractivity contribution in [2.75, 3.05) is 0 Å². The van der Waals surface area contributed by atoms with E-state index in [1.54, 1.807) is 12.4 Å². The van der Waals surface area contributed by atoms with Gasteiger partial charge in [-0.25, -0.2) is 0 Å². The molecule has 17 heavy (non-hydrogen) atoms. The zero-order valence-electron chi connectivity index (χ0n) is 8.12. The molecule has 0 amide bonds. The molecule has 0 bridgehead atoms. The van der Waals surface area contributed by atoms with Crippen molar-refractivity contribution in [2.24, 2.45) is 0 Å². The summed E-state index contributed by atoms with van der Waals surface area (Å²) in [5.41, 5.74) is 0. The van der Waals surface area contributed by atoms with Crippen molar-refractivity contribution in [3.63, 3.8) is 0 Å². The average Bonchev–Trinajstić information content (AvgIpc) is 2.28. The maximum atomic E-state index is 4.26. The summed E-state index contributed by atoms with van der Waals surface area (Å²) in [4.78, 5) is 8.53. The maximum absolute atomic E-state index is 4.26. The summed E-state index contributed by atoms with van der Waals surface area (Å²) in [6, 6.07) is 4.15. The molecular formula is C10H4Br4N2Se. The Morgan fingerprint density at radius 1 is 0.765 bits per heavy atom. The van der Waals surface area contributed by atoms with E-state index in [9.17, 15) is 0 Å². The van der Waals surface area contributed by atoms with Gasteiger partial charge in [-0.2, -0.15) is 0 Å². The van der Waals surface area contributed by atoms with E-state index in [1.807, 2.05) is 0 Å². The van der Waals surface area contributed by atoms with Gasteiger partial charge in [-0.15, -0.1) is 0 Å². The molecule has 0 saturated carbocycles. The standard InChI is InChI=1S/C10H4Br4N2Se/c11-5-1-7(9(13)15-3-5)17-8-2-6(12)4-16-10(8)14/h1-4H. The third-order valence-electron chi connectivity index (χ3n) is 1.77. The van der Waals surface area contributed by atoms with Crippen LogP contribution in [0.5, 0.6) is 0 Å². The second-order valence-corrected chi connectivity index (χ2v) is 8.59. The Morgan fingerprint density at radius 2 is 1.18 bits per heavy atom. The average molecular weight is 551 g/mol. The van der Waals surface area contributed by atoms with Crippen LogP contribution in [0.3, 0.4) is 0 Å². The molecule has 2 nitrogen and oxygen atoms in total. The van der Waals surface area contributed by atoms with Crippen LogP contribution < -0.4 is 8.92 Å². The predicted molar refractivity (Wildman–Crippen MR) is 84.3 cm³/mol. The van der Waals surface area contributed by atoms with Gasteiger partial charge in [-0.3, -0.25) is 0 Å². The van der Waals surface area contributed by atoms with Crippen molar-refractivity contribution >= 4 is 87.6 Å². The Balaban J connectivity index is 2.37. The zero-order chi connectivity index (χ0) is 12.4. The molecule has 0 radical (unpaired) electrons. The van der Waals surface area contributed by atoms with E-state index < -0.39 is 0 Å². The van der Waals surface area contributed by atoms with E-state index >= 15 is 0 Å². The molecule has 0 aliphatic rings. The summed E-state index contributed by atoms with van der Waals surface area (Å²) in [5, 5.41) is 0. The van der Waals surface area contributed by atoms with Crippen molar-refractivity contribution in [2.45, 2.75) is 0 Å². The molecule has 0 atom stereocenters. The van der Waals surface area contributed by atoms with Gasteiger partial charge < -0.3 is 0 Å². The third kappa shape index (κ3) is 3.85. The van der Waals surface area contributed by atoms with Gasteiger partial charge in [-0.05, 0) is 0 Å². The van der Waals surface area contributed by atoms with Gasteiger partial charge >= 0.3 is 140 Å². The number of hydrogen-bond donors (Lipinski definition) is 0. The molecule has 0 saturated heterocycles. The Bertz CT molecular complexity index is 512. The van der Waals surface area contributed by atoms with Crippen LogP contribution in [-0.2, 0) is 0 Å². The van der Waals surface area contributed by atoms with Gasteiger partial charge in [0.15, 0.2) is 0 Å². The first-order valence-corrected chi connectivity index (χ1v) is 9.24. The summed E-state index contributed by atoms with van der Waals surface area (Å²) < 4.78 is 6.08. The summed E-state index contributed by atoms with van der Waals surface area (Å²) in [5.74, 6) is 0. The van der Waals surface area contributed by atoms with Gasteiger partial charge in [0.1, 0.15) is 0 Å². The molecule has 0 unspecified atom stereocenters. The van der Waals surface area contributed by atoms with Gasteiger partial charge in [0.25, 0.3) is 0 Å². The van der Waals surface area contributed by atoms with Crippen LogP contribution in [0.4, 0.5) is 0 Å². The summed E-state index contributed by atoms with van der Waals surface area (Å²) in [6.07, 6.45) is 3.55. The molecule has 2 aromatic heterocycles. The monoisotopic (exact) mass is 548 g/mol. The second-order valence-electron chi connectivity index (χ2n) is 2.99. The number of rotatable bonds is 2. The molecule has 0 N–H and O–H groups in total. The quantitative estimate of drug-likeness (QED) is 0.424. The van der Waals surface area contributed by atoms with Crippen molar-refractivity contribution in [1.29, 1.82) is 0 Å². The topological polar surface area (TPSA) is 25.8 Å². The Labute approximate surface area is 139 Å². The van der Waals surface area contributed by atoms with Gasteiger partial charge in [0, 0.05) is 0 Å². The van der Waals surface area contributed by atoms with Gasteiger partial charge in [0.2, 0.25) is 0 Å². The molecule has 0 aliphatic heterocycles. The number of hydrogen-bond acceptors (Lipinski definition) is 2. The zero-order valence-corrected chi connectivity index (χ0v) is 16.2. The fraction of sp³-hybridized carbons (Fsp3) is 0. The molecule has 0 fully saturated rings. The van der Waals surface area contributed by atoms with Crippen LogP contribution in [0.25, 0.3) is 0 Å². The van der Waals surface area contributed by atoms with E-state index in [0.717, 1.165) is 18.2 Å². The number of halogens is 4. The molecule has 0 spiro atoms. The van der Waals surface area contributed by atoms with Gasteiger partial charge in [0.05, 0.1) is 0 Å². The minimum absolute atomic E-state index is 0.144. The van der Waals surface area contributed by atoms with Crippen LogP contribution >= 0.6 is 63.7 Å². The second kappa shape index (κ2) is 6.26. The van der Waals surface area contributed by atoms with E-state index in [4.69, 9.17) is 0 Å². The predicted octanol–water partition coefficient (Wildman–Crippen LogP) is 3.18. The van der Waals surface area contributed by atoms with E-state index in [2.05, 4.69) is 85.8 Å². The number of aromatic nitrogens is 2. The summed E-state index contributed by atoms with van der Waals surface area (Å²) >= 11 is 13.9. The molecule has 2 heterocycles. The number of pyridine rings is 2. The Hall–Kier alpha value is 0.739. The van der Waals surface area contributed by atoms with E-state index in [-0.39, 0.29) is 15.0 Å². The van der Waals surface area contributed by atoms with Crippen LogP contribution in [0.1, 0.15) is 0 Å². The van der Waals surface area contributed by atoms with Crippen molar-refractivity contribution in [1.82, 2.24) is 9.97 Å². The molecule has 7 heteroatoms. The van der Waals surface area contributed by atoms with E-state index in [1.165, 1.54) is 8.92 Å². The minimum atomic E-state index is 0.144. The Kier molecular flexibility index (Phi) is 5.21. The van der Waals surface area contributed by atoms with Crippen molar-refractivity contribution in [3.05, 3.63) is 42.7 Å². The normalized spacial score (nSPS) is 10.6. The summed E-state index contributed by atoms with van der Waals surface area (Å²) in [6.45, 7) is 0. The molecule has 88 valence electrons. The SMILES string of the molecule is Brc1cnc(Br)c([Se]c2cc(Br)cnc2Br)c1. The Morgan fingerprint density at radius 3 is 1.59 bits per heavy atom. The fourth-order valence-electron chi connectivity index (χ4n) is 1.07. The molecule has 2 rings (SSSR count). The first-order valence-electron chi connectivity index (χ1n) is 4.36. The van der Waals surface area contributed by atoms with Crippen LogP contribution in [-0.4, -0.2) is 24.9 Å². The van der Waals surface area contributed by atoms with E-state index in [0.29, 0.717) is 0 Å². The van der Waals surface area contributed by atoms with Crippen LogP contribution in [0.2, 0.25) is 0 Å². The third-order valence-corrected chi connectivity index (χ3v) is 7.31. The number of nitrogens with zero attached hydrogens (tertiary/aromatic N) is 2. The first kappa shape index (κ1) is 14.2. The van der Waals surface area contributed by atoms with Crippen molar-refractivity contribution in [3.8, 4) is 0 Å². The molecular weight excluding hydrogens is 547 g/mol. The fourth-order valence-corrected chi connectivity index (χ4v) is 5.54. The van der Waals surface area contributed by atoms with Crippen LogP contribution in [0.15, 0.2) is 42.7 Å². The molecule has 0 aliphatic carbocycles. The van der Waals surface area contributed by atoms with Gasteiger partial charge in [-0.1, -0.05) is 0 Å². The summed E-state index contributed by atoms with van der Waals surface area (Å²) in [7, 11) is 0. The molecule has 0 aromatic carbocycles. The molecule has 2 aromatic rings. The van der Waals surface area contributed by atoms with Crippen LogP contribution in [0, 0.1) is 0 Å².